The SMILES string of the molecule is O=C(C[N+]12CCC(CC1)[C@@H](OC(=O)[C@H](c1ccccc1)N1CCCCC1)C2)c1ccc(Cl)s1. The summed E-state index contributed by atoms with van der Waals surface area (Å²) < 4.78 is 7.66. The first kappa shape index (κ1) is 23.0. The van der Waals surface area contributed by atoms with Crippen molar-refractivity contribution in [3.8, 4) is 0 Å². The normalized spacial score (nSPS) is 28.4. The monoisotopic (exact) mass is 487 g/mol. The van der Waals surface area contributed by atoms with Crippen LogP contribution in [0.4, 0.5) is 0 Å². The molecule has 1 aromatic heterocycles. The van der Waals surface area contributed by atoms with Gasteiger partial charge in [-0.05, 0) is 43.6 Å². The Labute approximate surface area is 204 Å². The Morgan fingerprint density at radius 1 is 1.06 bits per heavy atom. The number of ether oxygens (including phenoxy) is 1. The van der Waals surface area contributed by atoms with Gasteiger partial charge in [-0.15, -0.1) is 11.3 Å². The number of piperidine rings is 4. The number of quaternary nitrogens is 1. The molecule has 4 saturated heterocycles. The molecule has 0 radical (unpaired) electrons. The first-order valence-electron chi connectivity index (χ1n) is 12.2. The summed E-state index contributed by atoms with van der Waals surface area (Å²) in [5.41, 5.74) is 1.01. The molecule has 4 fully saturated rings. The van der Waals surface area contributed by atoms with Crippen LogP contribution in [-0.2, 0) is 9.53 Å². The molecule has 7 heteroatoms. The van der Waals surface area contributed by atoms with Gasteiger partial charge in [0.1, 0.15) is 19.1 Å². The third-order valence-corrected chi connectivity index (χ3v) is 9.00. The number of hydrogen-bond acceptors (Lipinski definition) is 5. The van der Waals surface area contributed by atoms with E-state index in [1.54, 1.807) is 6.07 Å². The van der Waals surface area contributed by atoms with Crippen molar-refractivity contribution in [3.05, 3.63) is 57.2 Å². The fourth-order valence-electron chi connectivity index (χ4n) is 5.95. The first-order chi connectivity index (χ1) is 16.0. The van der Waals surface area contributed by atoms with Crippen LogP contribution in [0.25, 0.3) is 0 Å². The van der Waals surface area contributed by atoms with Crippen molar-refractivity contribution < 1.29 is 18.8 Å². The summed E-state index contributed by atoms with van der Waals surface area (Å²) in [6.07, 6.45) is 5.37. The minimum absolute atomic E-state index is 0.115. The number of nitrogens with zero attached hydrogens (tertiary/aromatic N) is 2. The van der Waals surface area contributed by atoms with Crippen LogP contribution in [0.5, 0.6) is 0 Å². The zero-order valence-corrected chi connectivity index (χ0v) is 20.5. The number of esters is 1. The van der Waals surface area contributed by atoms with Gasteiger partial charge in [-0.1, -0.05) is 48.4 Å². The number of rotatable bonds is 7. The number of thiophene rings is 1. The average molecular weight is 488 g/mol. The molecule has 4 aliphatic rings. The van der Waals surface area contributed by atoms with Gasteiger partial charge >= 0.3 is 5.97 Å². The van der Waals surface area contributed by atoms with Crippen LogP contribution in [0, 0.1) is 5.92 Å². The van der Waals surface area contributed by atoms with Crippen molar-refractivity contribution >= 4 is 34.7 Å². The van der Waals surface area contributed by atoms with E-state index in [2.05, 4.69) is 4.90 Å². The van der Waals surface area contributed by atoms with Crippen LogP contribution >= 0.6 is 22.9 Å². The third kappa shape index (κ3) is 5.04. The molecule has 0 saturated carbocycles. The molecule has 4 aliphatic heterocycles. The van der Waals surface area contributed by atoms with E-state index in [1.807, 2.05) is 36.4 Å². The topological polar surface area (TPSA) is 46.6 Å². The van der Waals surface area contributed by atoms with Crippen LogP contribution < -0.4 is 0 Å². The number of likely N-dealkylation sites (tertiary alicyclic amines) is 1. The number of halogens is 1. The number of benzene rings is 1. The van der Waals surface area contributed by atoms with E-state index in [4.69, 9.17) is 16.3 Å². The van der Waals surface area contributed by atoms with Crippen LogP contribution in [0.2, 0.25) is 4.34 Å². The highest BCUT2D eigenvalue weighted by Crippen LogP contribution is 2.37. The molecule has 1 aromatic carbocycles. The highest BCUT2D eigenvalue weighted by molar-refractivity contribution is 7.18. The summed E-state index contributed by atoms with van der Waals surface area (Å²) in [7, 11) is 0. The van der Waals surface area contributed by atoms with Crippen LogP contribution in [0.3, 0.4) is 0 Å². The predicted octanol–water partition coefficient (Wildman–Crippen LogP) is 4.96. The van der Waals surface area contributed by atoms with Gasteiger partial charge in [0, 0.05) is 18.8 Å². The van der Waals surface area contributed by atoms with E-state index in [1.165, 1.54) is 17.8 Å². The molecule has 176 valence electrons. The van der Waals surface area contributed by atoms with Gasteiger partial charge in [-0.3, -0.25) is 9.69 Å². The standard InChI is InChI=1S/C26H32ClN2O3S/c27-24-10-9-23(33-24)21(30)17-29-15-11-19(12-16-29)22(18-29)32-26(31)25(20-7-3-1-4-8-20)28-13-5-2-6-14-28/h1,3-4,7-10,19,22,25H,2,5-6,11-18H2/q+1/t19?,22-,25-,29?/m0/s1. The van der Waals surface area contributed by atoms with Crippen LogP contribution in [0.1, 0.15) is 53.4 Å². The lowest BCUT2D eigenvalue weighted by molar-refractivity contribution is -0.938. The second-order valence-corrected chi connectivity index (χ2v) is 11.6. The smallest absolute Gasteiger partial charge is 0.328 e. The van der Waals surface area contributed by atoms with Crippen molar-refractivity contribution in [2.24, 2.45) is 5.92 Å². The van der Waals surface area contributed by atoms with Gasteiger partial charge < -0.3 is 9.22 Å². The lowest BCUT2D eigenvalue weighted by Gasteiger charge is -2.51. The lowest BCUT2D eigenvalue weighted by Crippen LogP contribution is -2.65. The molecule has 0 aliphatic carbocycles. The molecule has 2 aromatic rings. The summed E-state index contributed by atoms with van der Waals surface area (Å²) >= 11 is 7.40. The molecule has 6 rings (SSSR count). The highest BCUT2D eigenvalue weighted by Gasteiger charge is 2.49. The van der Waals surface area contributed by atoms with Crippen molar-refractivity contribution in [1.29, 1.82) is 0 Å². The maximum Gasteiger partial charge on any atom is 0.328 e. The minimum atomic E-state index is -0.342. The quantitative estimate of drug-likeness (QED) is 0.314. The molecule has 0 amide bonds. The number of carbonyl (C=O) groups is 2. The van der Waals surface area contributed by atoms with Crippen molar-refractivity contribution in [3.63, 3.8) is 0 Å². The van der Waals surface area contributed by atoms with Gasteiger partial charge in [0.2, 0.25) is 5.78 Å². The Hall–Kier alpha value is -1.73. The summed E-state index contributed by atoms with van der Waals surface area (Å²) in [4.78, 5) is 29.6. The lowest BCUT2D eigenvalue weighted by atomic mass is 9.83. The summed E-state index contributed by atoms with van der Waals surface area (Å²) in [5.74, 6) is 0.419. The number of Topliss-reactive ketones (excluding diaryl/α,β-unsaturated/α-hetero) is 1. The molecule has 5 heterocycles. The number of hydrogen-bond donors (Lipinski definition) is 0. The molecule has 33 heavy (non-hydrogen) atoms. The maximum absolute atomic E-state index is 13.6. The third-order valence-electron chi connectivity index (χ3n) is 7.73. The molecule has 0 N–H and O–H groups in total. The first-order valence-corrected chi connectivity index (χ1v) is 13.4. The molecule has 2 atom stereocenters. The second kappa shape index (κ2) is 9.87. The van der Waals surface area contributed by atoms with Crippen molar-refractivity contribution in [1.82, 2.24) is 4.90 Å². The van der Waals surface area contributed by atoms with E-state index in [-0.39, 0.29) is 23.9 Å². The van der Waals surface area contributed by atoms with Gasteiger partial charge in [0.15, 0.2) is 6.10 Å². The summed E-state index contributed by atoms with van der Waals surface area (Å²) in [6, 6.07) is 13.3. The molecule has 5 nitrogen and oxygen atoms in total. The van der Waals surface area contributed by atoms with Gasteiger partial charge in [-0.25, -0.2) is 4.79 Å². The fourth-order valence-corrected chi connectivity index (χ4v) is 6.92. The second-order valence-electron chi connectivity index (χ2n) is 9.88. The maximum atomic E-state index is 13.6. The van der Waals surface area contributed by atoms with Gasteiger partial charge in [0.05, 0.1) is 22.3 Å². The largest absolute Gasteiger partial charge is 0.455 e. The number of fused-ring (bicyclic) bond motifs is 3. The Kier molecular flexibility index (Phi) is 6.89. The molecular weight excluding hydrogens is 456 g/mol. The Morgan fingerprint density at radius 3 is 2.45 bits per heavy atom. The van der Waals surface area contributed by atoms with E-state index in [0.29, 0.717) is 16.8 Å². The molecule has 0 unspecified atom stereocenters. The Balaban J connectivity index is 1.30. The Bertz CT molecular complexity index is 980. The highest BCUT2D eigenvalue weighted by atomic mass is 35.5. The summed E-state index contributed by atoms with van der Waals surface area (Å²) in [6.45, 7) is 5.03. The predicted molar refractivity (Wildman–Crippen MR) is 131 cm³/mol. The zero-order chi connectivity index (χ0) is 22.8. The van der Waals surface area contributed by atoms with E-state index >= 15 is 0 Å². The van der Waals surface area contributed by atoms with Gasteiger partial charge in [0.25, 0.3) is 0 Å². The van der Waals surface area contributed by atoms with E-state index in [9.17, 15) is 9.59 Å². The molecular formula is C26H32ClN2O3S+. The van der Waals surface area contributed by atoms with Gasteiger partial charge in [-0.2, -0.15) is 0 Å². The van der Waals surface area contributed by atoms with E-state index in [0.717, 1.165) is 73.3 Å². The average Bonchev–Trinajstić information content (AvgIpc) is 3.28. The van der Waals surface area contributed by atoms with E-state index < -0.39 is 0 Å². The van der Waals surface area contributed by atoms with Crippen LogP contribution in [-0.4, -0.2) is 66.5 Å². The van der Waals surface area contributed by atoms with Crippen LogP contribution in [0.15, 0.2) is 42.5 Å². The zero-order valence-electron chi connectivity index (χ0n) is 19.0. The number of carbonyl (C=O) groups excluding carboxylic acids is 2. The molecule has 0 spiro atoms. The minimum Gasteiger partial charge on any atom is -0.455 e. The Morgan fingerprint density at radius 2 is 1.79 bits per heavy atom. The fraction of sp³-hybridized carbons (Fsp3) is 0.538. The number of ketones is 1. The van der Waals surface area contributed by atoms with Crippen molar-refractivity contribution in [2.45, 2.75) is 44.2 Å². The summed E-state index contributed by atoms with van der Waals surface area (Å²) in [5, 5.41) is 0. The van der Waals surface area contributed by atoms with Crippen molar-refractivity contribution in [2.75, 3.05) is 39.3 Å². The molecule has 2 bridgehead atoms.